The van der Waals surface area contributed by atoms with Crippen LogP contribution in [-0.2, 0) is 11.8 Å². The van der Waals surface area contributed by atoms with Crippen molar-refractivity contribution in [3.8, 4) is 0 Å². The quantitative estimate of drug-likeness (QED) is 0.650. The smallest absolute Gasteiger partial charge is 0.0474 e. The van der Waals surface area contributed by atoms with Gasteiger partial charge >= 0.3 is 0 Å². The van der Waals surface area contributed by atoms with E-state index in [1.807, 2.05) is 18.2 Å². The third-order valence-electron chi connectivity index (χ3n) is 1.33. The van der Waals surface area contributed by atoms with E-state index in [0.717, 1.165) is 11.1 Å². The molecule has 0 fully saturated rings. The van der Waals surface area contributed by atoms with Crippen molar-refractivity contribution in [1.82, 2.24) is 0 Å². The minimum absolute atomic E-state index is 0.477. The number of halogens is 3. The van der Waals surface area contributed by atoms with Gasteiger partial charge in [0.25, 0.3) is 0 Å². The van der Waals surface area contributed by atoms with Gasteiger partial charge in [-0.1, -0.05) is 17.7 Å². The van der Waals surface area contributed by atoms with E-state index < -0.39 is 0 Å². The van der Waals surface area contributed by atoms with Crippen molar-refractivity contribution < 1.29 is 0 Å². The molecule has 3 heteroatoms. The summed E-state index contributed by atoms with van der Waals surface area (Å²) >= 11 is 17.0. The first-order valence-electron chi connectivity index (χ1n) is 3.16. The van der Waals surface area contributed by atoms with Crippen LogP contribution in [-0.4, -0.2) is 0 Å². The Labute approximate surface area is 81.1 Å². The molecule has 0 heterocycles. The molecule has 0 unspecified atom stereocenters. The predicted octanol–water partition coefficient (Wildman–Crippen LogP) is 3.82. The summed E-state index contributed by atoms with van der Waals surface area (Å²) < 4.78 is 0. The van der Waals surface area contributed by atoms with Crippen LogP contribution >= 0.6 is 34.8 Å². The summed E-state index contributed by atoms with van der Waals surface area (Å²) in [7, 11) is 0. The largest absolute Gasteiger partial charge is 0.122 e. The minimum atomic E-state index is 0.477. The molecule has 0 saturated carbocycles. The summed E-state index contributed by atoms with van der Waals surface area (Å²) in [5.74, 6) is 0.953. The lowest BCUT2D eigenvalue weighted by atomic mass is 10.2. The molecular weight excluding hydrogens is 202 g/mol. The van der Waals surface area contributed by atoms with Gasteiger partial charge in [-0.25, -0.2) is 0 Å². The van der Waals surface area contributed by atoms with Crippen LogP contribution < -0.4 is 0 Å². The molecule has 0 aliphatic rings. The molecule has 1 aromatic carbocycles. The minimum Gasteiger partial charge on any atom is -0.122 e. The summed E-state index contributed by atoms with van der Waals surface area (Å²) in [6.07, 6.45) is 0. The number of alkyl halides is 2. The van der Waals surface area contributed by atoms with E-state index >= 15 is 0 Å². The molecule has 0 nitrogen and oxygen atoms in total. The van der Waals surface area contributed by atoms with Gasteiger partial charge in [-0.05, 0) is 23.3 Å². The Morgan fingerprint density at radius 3 is 1.73 bits per heavy atom. The van der Waals surface area contributed by atoms with Gasteiger partial charge in [-0.2, -0.15) is 0 Å². The molecule has 0 radical (unpaired) electrons. The van der Waals surface area contributed by atoms with Crippen molar-refractivity contribution in [3.63, 3.8) is 0 Å². The number of rotatable bonds is 2. The van der Waals surface area contributed by atoms with E-state index in [-0.39, 0.29) is 0 Å². The fraction of sp³-hybridized carbons (Fsp3) is 0.250. The Hall–Kier alpha value is 0.0900. The van der Waals surface area contributed by atoms with Gasteiger partial charge < -0.3 is 0 Å². The number of hydrogen-bond donors (Lipinski definition) is 0. The van der Waals surface area contributed by atoms with Crippen LogP contribution in [0.25, 0.3) is 0 Å². The predicted molar refractivity (Wildman–Crippen MR) is 50.6 cm³/mol. The topological polar surface area (TPSA) is 0 Å². The van der Waals surface area contributed by atoms with Crippen molar-refractivity contribution in [1.29, 1.82) is 0 Å². The highest BCUT2D eigenvalue weighted by atomic mass is 35.5. The second-order valence-electron chi connectivity index (χ2n) is 2.23. The first-order valence-corrected chi connectivity index (χ1v) is 4.61. The molecule has 0 spiro atoms. The van der Waals surface area contributed by atoms with E-state index in [9.17, 15) is 0 Å². The molecule has 11 heavy (non-hydrogen) atoms. The van der Waals surface area contributed by atoms with Crippen LogP contribution in [0.1, 0.15) is 11.1 Å². The van der Waals surface area contributed by atoms with Crippen LogP contribution in [0.3, 0.4) is 0 Å². The van der Waals surface area contributed by atoms with Gasteiger partial charge in [-0.3, -0.25) is 0 Å². The molecule has 60 valence electrons. The summed E-state index contributed by atoms with van der Waals surface area (Å²) in [4.78, 5) is 0. The van der Waals surface area contributed by atoms with Crippen molar-refractivity contribution in [3.05, 3.63) is 34.3 Å². The van der Waals surface area contributed by atoms with Gasteiger partial charge in [-0.15, -0.1) is 23.2 Å². The van der Waals surface area contributed by atoms with Gasteiger partial charge in [0.1, 0.15) is 0 Å². The van der Waals surface area contributed by atoms with Gasteiger partial charge in [0.2, 0.25) is 0 Å². The van der Waals surface area contributed by atoms with Crippen LogP contribution in [0.2, 0.25) is 5.02 Å². The maximum Gasteiger partial charge on any atom is 0.0474 e. The third kappa shape index (κ3) is 2.55. The lowest BCUT2D eigenvalue weighted by molar-refractivity contribution is 1.32. The number of hydrogen-bond acceptors (Lipinski definition) is 0. The maximum absolute atomic E-state index is 5.79. The van der Waals surface area contributed by atoms with Crippen molar-refractivity contribution in [2.75, 3.05) is 0 Å². The SMILES string of the molecule is ClCc1cc(Cl)cc(CCl)c1. The monoisotopic (exact) mass is 208 g/mol. The highest BCUT2D eigenvalue weighted by molar-refractivity contribution is 6.31. The zero-order valence-electron chi connectivity index (χ0n) is 5.78. The van der Waals surface area contributed by atoms with Crippen molar-refractivity contribution >= 4 is 34.8 Å². The summed E-state index contributed by atoms with van der Waals surface area (Å²) in [5, 5.41) is 0.693. The molecular formula is C8H7Cl3. The molecule has 0 aromatic heterocycles. The summed E-state index contributed by atoms with van der Waals surface area (Å²) in [6, 6.07) is 5.63. The van der Waals surface area contributed by atoms with Crippen molar-refractivity contribution in [2.45, 2.75) is 11.8 Å². The Morgan fingerprint density at radius 1 is 0.909 bits per heavy atom. The first kappa shape index (κ1) is 9.18. The molecule has 0 aliphatic carbocycles. The normalized spacial score (nSPS) is 10.1. The van der Waals surface area contributed by atoms with Crippen LogP contribution in [0.5, 0.6) is 0 Å². The lowest BCUT2D eigenvalue weighted by Gasteiger charge is -2.00. The molecule has 0 saturated heterocycles. The molecule has 1 aromatic rings. The van der Waals surface area contributed by atoms with E-state index in [0.29, 0.717) is 16.8 Å². The van der Waals surface area contributed by atoms with E-state index in [4.69, 9.17) is 34.8 Å². The fourth-order valence-electron chi connectivity index (χ4n) is 0.872. The zero-order valence-corrected chi connectivity index (χ0v) is 8.05. The Morgan fingerprint density at radius 2 is 1.36 bits per heavy atom. The summed E-state index contributed by atoms with van der Waals surface area (Å²) in [6.45, 7) is 0. The Balaban J connectivity index is 3.02. The average Bonchev–Trinajstić information content (AvgIpc) is 2.03. The molecule has 0 bridgehead atoms. The Kier molecular flexibility index (Phi) is 3.50. The van der Waals surface area contributed by atoms with Crippen LogP contribution in [0.15, 0.2) is 18.2 Å². The van der Waals surface area contributed by atoms with Crippen molar-refractivity contribution in [2.24, 2.45) is 0 Å². The van der Waals surface area contributed by atoms with E-state index in [2.05, 4.69) is 0 Å². The lowest BCUT2D eigenvalue weighted by Crippen LogP contribution is -1.82. The highest BCUT2D eigenvalue weighted by Crippen LogP contribution is 2.17. The standard InChI is InChI=1S/C8H7Cl3/c9-4-6-1-7(5-10)3-8(11)2-6/h1-3H,4-5H2. The fourth-order valence-corrected chi connectivity index (χ4v) is 1.46. The highest BCUT2D eigenvalue weighted by Gasteiger charge is 1.96. The third-order valence-corrected chi connectivity index (χ3v) is 2.16. The van der Waals surface area contributed by atoms with Gasteiger partial charge in [0.05, 0.1) is 0 Å². The molecule has 0 aliphatic heterocycles. The van der Waals surface area contributed by atoms with Crippen LogP contribution in [0, 0.1) is 0 Å². The summed E-state index contributed by atoms with van der Waals surface area (Å²) in [5.41, 5.74) is 2.02. The average molecular weight is 210 g/mol. The number of benzene rings is 1. The van der Waals surface area contributed by atoms with Gasteiger partial charge in [0.15, 0.2) is 0 Å². The molecule has 0 N–H and O–H groups in total. The molecule has 1 rings (SSSR count). The second-order valence-corrected chi connectivity index (χ2v) is 3.21. The molecule has 0 atom stereocenters. The second kappa shape index (κ2) is 4.20. The Bertz CT molecular complexity index is 223. The maximum atomic E-state index is 5.79. The van der Waals surface area contributed by atoms with Crippen LogP contribution in [0.4, 0.5) is 0 Å². The van der Waals surface area contributed by atoms with Gasteiger partial charge in [0, 0.05) is 16.8 Å². The zero-order chi connectivity index (χ0) is 8.27. The molecule has 0 amide bonds. The van der Waals surface area contributed by atoms with E-state index in [1.165, 1.54) is 0 Å². The first-order chi connectivity index (χ1) is 5.26. The van der Waals surface area contributed by atoms with E-state index in [1.54, 1.807) is 0 Å².